The number of carbonyl (C=O) groups excluding carboxylic acids is 1. The molecule has 3 saturated carbocycles. The molecule has 2 nitrogen and oxygen atoms in total. The number of carbonyl (C=O) groups is 1. The van der Waals surface area contributed by atoms with Crippen LogP contribution in [-0.4, -0.2) is 20.7 Å². The number of hydrogen-bond donors (Lipinski definition) is 0. The molecule has 0 bridgehead atoms. The topological polar surface area (TPSA) is 26.3 Å². The Morgan fingerprint density at radius 3 is 2.33 bits per heavy atom. The lowest BCUT2D eigenvalue weighted by atomic mass is 9.53. The highest BCUT2D eigenvalue weighted by atomic mass is 28.4. The van der Waals surface area contributed by atoms with Gasteiger partial charge >= 0.3 is 0 Å². The Hall–Kier alpha value is -0.153. The fourth-order valence-electron chi connectivity index (χ4n) is 7.76. The fourth-order valence-corrected chi connectivity index (χ4v) is 8.85. The summed E-state index contributed by atoms with van der Waals surface area (Å²) in [5.41, 5.74) is 0.606. The van der Waals surface area contributed by atoms with E-state index in [9.17, 15) is 4.79 Å². The van der Waals surface area contributed by atoms with Gasteiger partial charge in [0, 0.05) is 18.4 Å². The zero-order valence-corrected chi connectivity index (χ0v) is 20.6. The van der Waals surface area contributed by atoms with Crippen LogP contribution >= 0.6 is 0 Å². The molecule has 4 atom stereocenters. The first-order valence-corrected chi connectivity index (χ1v) is 14.2. The Labute approximate surface area is 169 Å². The van der Waals surface area contributed by atoms with Crippen LogP contribution in [0.25, 0.3) is 0 Å². The Kier molecular flexibility index (Phi) is 4.93. The summed E-state index contributed by atoms with van der Waals surface area (Å²) in [7, 11) is -1.68. The monoisotopic (exact) mass is 392 g/mol. The minimum atomic E-state index is -1.68. The second-order valence-corrected chi connectivity index (χ2v) is 17.6. The van der Waals surface area contributed by atoms with E-state index in [0.717, 1.165) is 32.3 Å². The lowest BCUT2D eigenvalue weighted by molar-refractivity contribution is -0.140. The molecule has 3 rings (SSSR count). The van der Waals surface area contributed by atoms with Crippen molar-refractivity contribution >= 4 is 14.1 Å². The SMILES string of the molecule is CC1(C)C[C@@]2(C)CCC(=O)C23[C@@H]1CC[C@]3(C)CCCO[Si](C)(C)C(C)(C)C. The van der Waals surface area contributed by atoms with Gasteiger partial charge in [-0.3, -0.25) is 4.79 Å². The average Bonchev–Trinajstić information content (AvgIpc) is 3.02. The summed E-state index contributed by atoms with van der Waals surface area (Å²) in [6.07, 6.45) is 7.88. The number of hydrogen-bond acceptors (Lipinski definition) is 2. The maximum Gasteiger partial charge on any atom is 0.191 e. The lowest BCUT2D eigenvalue weighted by Crippen LogP contribution is -2.49. The zero-order valence-electron chi connectivity index (χ0n) is 19.6. The third-order valence-corrected chi connectivity index (χ3v) is 14.2. The molecule has 0 amide bonds. The van der Waals surface area contributed by atoms with Crippen LogP contribution < -0.4 is 0 Å². The van der Waals surface area contributed by atoms with Gasteiger partial charge < -0.3 is 4.43 Å². The van der Waals surface area contributed by atoms with Crippen LogP contribution in [0.15, 0.2) is 0 Å². The third kappa shape index (κ3) is 2.85. The minimum absolute atomic E-state index is 0.0690. The Bertz CT molecular complexity index is 616. The first kappa shape index (κ1) is 21.6. The van der Waals surface area contributed by atoms with E-state index in [2.05, 4.69) is 61.6 Å². The average molecular weight is 393 g/mol. The predicted octanol–water partition coefficient (Wildman–Crippen LogP) is 6.99. The molecule has 0 aromatic heterocycles. The van der Waals surface area contributed by atoms with Gasteiger partial charge in [-0.2, -0.15) is 0 Å². The quantitative estimate of drug-likeness (QED) is 0.372. The summed E-state index contributed by atoms with van der Waals surface area (Å²) in [4.78, 5) is 13.5. The molecule has 156 valence electrons. The van der Waals surface area contributed by atoms with E-state index in [-0.39, 0.29) is 21.3 Å². The molecule has 0 aromatic rings. The second kappa shape index (κ2) is 6.17. The molecule has 0 saturated heterocycles. The van der Waals surface area contributed by atoms with Gasteiger partial charge in [0.05, 0.1) is 0 Å². The van der Waals surface area contributed by atoms with Crippen LogP contribution in [0, 0.1) is 27.6 Å². The third-order valence-electron chi connectivity index (χ3n) is 9.69. The van der Waals surface area contributed by atoms with Gasteiger partial charge in [0.1, 0.15) is 5.78 Å². The zero-order chi connectivity index (χ0) is 20.5. The van der Waals surface area contributed by atoms with Gasteiger partial charge in [0.15, 0.2) is 8.32 Å². The van der Waals surface area contributed by atoms with Crippen molar-refractivity contribution in [2.75, 3.05) is 6.61 Å². The predicted molar refractivity (Wildman–Crippen MR) is 116 cm³/mol. The van der Waals surface area contributed by atoms with Crippen LogP contribution in [0.4, 0.5) is 0 Å². The summed E-state index contributed by atoms with van der Waals surface area (Å²) in [6, 6.07) is 0. The standard InChI is InChI=1S/C24H44O2Si/c1-20(2,3)27(8,9)26-16-10-13-22(6)14-11-18-21(4,5)17-23(7)15-12-19(25)24(18,22)23/h18H,10-17H2,1-9H3/t18-,22+,23-,24?/m1/s1. The van der Waals surface area contributed by atoms with E-state index < -0.39 is 8.32 Å². The summed E-state index contributed by atoms with van der Waals surface area (Å²) < 4.78 is 6.47. The second-order valence-electron chi connectivity index (χ2n) is 12.8. The van der Waals surface area contributed by atoms with E-state index >= 15 is 0 Å². The first-order valence-electron chi connectivity index (χ1n) is 11.3. The molecule has 0 aromatic carbocycles. The Balaban J connectivity index is 1.77. The minimum Gasteiger partial charge on any atom is -0.417 e. The summed E-state index contributed by atoms with van der Waals surface area (Å²) >= 11 is 0. The molecular weight excluding hydrogens is 348 g/mol. The van der Waals surface area contributed by atoms with Crippen LogP contribution in [0.5, 0.6) is 0 Å². The smallest absolute Gasteiger partial charge is 0.191 e. The van der Waals surface area contributed by atoms with Crippen molar-refractivity contribution < 1.29 is 9.22 Å². The van der Waals surface area contributed by atoms with Crippen molar-refractivity contribution in [1.82, 2.24) is 0 Å². The molecule has 1 unspecified atom stereocenters. The molecule has 3 heteroatoms. The summed E-state index contributed by atoms with van der Waals surface area (Å²) in [6.45, 7) is 22.3. The maximum atomic E-state index is 13.5. The van der Waals surface area contributed by atoms with Crippen molar-refractivity contribution in [3.8, 4) is 0 Å². The number of Topliss-reactive ketones (excluding diaryl/α,β-unsaturated/α-hetero) is 1. The molecule has 27 heavy (non-hydrogen) atoms. The molecule has 0 radical (unpaired) electrons. The van der Waals surface area contributed by atoms with E-state index in [1.807, 2.05) is 0 Å². The van der Waals surface area contributed by atoms with Gasteiger partial charge in [-0.1, -0.05) is 48.5 Å². The van der Waals surface area contributed by atoms with Crippen molar-refractivity contribution in [3.05, 3.63) is 0 Å². The van der Waals surface area contributed by atoms with Crippen molar-refractivity contribution in [2.45, 2.75) is 112 Å². The van der Waals surface area contributed by atoms with Gasteiger partial charge in [-0.15, -0.1) is 0 Å². The molecule has 0 aliphatic heterocycles. The lowest BCUT2D eigenvalue weighted by Gasteiger charge is -2.49. The molecule has 0 N–H and O–H groups in total. The number of ketones is 1. The maximum absolute atomic E-state index is 13.5. The molecule has 3 aliphatic carbocycles. The van der Waals surface area contributed by atoms with Crippen LogP contribution in [0.3, 0.4) is 0 Å². The van der Waals surface area contributed by atoms with Crippen molar-refractivity contribution in [2.24, 2.45) is 27.6 Å². The van der Waals surface area contributed by atoms with Gasteiger partial charge in [-0.05, 0) is 78.8 Å². The van der Waals surface area contributed by atoms with E-state index in [0.29, 0.717) is 17.1 Å². The molecule has 3 fully saturated rings. The van der Waals surface area contributed by atoms with Crippen molar-refractivity contribution in [1.29, 1.82) is 0 Å². The molecule has 0 heterocycles. The van der Waals surface area contributed by atoms with Crippen LogP contribution in [-0.2, 0) is 9.22 Å². The van der Waals surface area contributed by atoms with Crippen LogP contribution in [0.2, 0.25) is 18.1 Å². The summed E-state index contributed by atoms with van der Waals surface area (Å²) in [5.74, 6) is 1.18. The highest BCUT2D eigenvalue weighted by Gasteiger charge is 2.77. The molecule has 1 spiro atoms. The van der Waals surface area contributed by atoms with Gasteiger partial charge in [0.25, 0.3) is 0 Å². The molecular formula is C24H44O2Si. The van der Waals surface area contributed by atoms with Gasteiger partial charge in [0.2, 0.25) is 0 Å². The van der Waals surface area contributed by atoms with E-state index in [4.69, 9.17) is 4.43 Å². The van der Waals surface area contributed by atoms with E-state index in [1.54, 1.807) is 0 Å². The van der Waals surface area contributed by atoms with Crippen molar-refractivity contribution in [3.63, 3.8) is 0 Å². The molecule has 3 aliphatic rings. The summed E-state index contributed by atoms with van der Waals surface area (Å²) in [5, 5.41) is 0.267. The largest absolute Gasteiger partial charge is 0.417 e. The van der Waals surface area contributed by atoms with Gasteiger partial charge in [-0.25, -0.2) is 0 Å². The Morgan fingerprint density at radius 2 is 1.74 bits per heavy atom. The highest BCUT2D eigenvalue weighted by molar-refractivity contribution is 6.74. The number of rotatable bonds is 5. The highest BCUT2D eigenvalue weighted by Crippen LogP contribution is 2.80. The fraction of sp³-hybridized carbons (Fsp3) is 0.958. The van der Waals surface area contributed by atoms with E-state index in [1.165, 1.54) is 19.3 Å². The first-order chi connectivity index (χ1) is 12.1. The normalized spacial score (nSPS) is 41.1. The Morgan fingerprint density at radius 1 is 1.11 bits per heavy atom. The van der Waals surface area contributed by atoms with Crippen LogP contribution in [0.1, 0.15) is 93.4 Å².